The zero-order valence-electron chi connectivity index (χ0n) is 14.3. The first-order chi connectivity index (χ1) is 11.5. The van der Waals surface area contributed by atoms with Crippen molar-refractivity contribution >= 4 is 39.8 Å². The zero-order valence-corrected chi connectivity index (χ0v) is 15.9. The number of anilines is 2. The lowest BCUT2D eigenvalue weighted by molar-refractivity contribution is -0.119. The van der Waals surface area contributed by atoms with Gasteiger partial charge in [0.05, 0.1) is 12.4 Å². The van der Waals surface area contributed by atoms with E-state index in [2.05, 4.69) is 46.8 Å². The lowest BCUT2D eigenvalue weighted by Gasteiger charge is -2.11. The molecule has 0 bridgehead atoms. The van der Waals surface area contributed by atoms with E-state index >= 15 is 0 Å². The maximum absolute atomic E-state index is 11.8. The van der Waals surface area contributed by atoms with Crippen LogP contribution in [-0.4, -0.2) is 41.6 Å². The van der Waals surface area contributed by atoms with Crippen molar-refractivity contribution in [1.82, 2.24) is 15.5 Å². The number of rotatable bonds is 8. The monoisotopic (exact) mass is 366 g/mol. The van der Waals surface area contributed by atoms with Crippen molar-refractivity contribution in [3.63, 3.8) is 0 Å². The number of hydrogen-bond donors (Lipinski definition) is 2. The third-order valence-electron chi connectivity index (χ3n) is 3.18. The van der Waals surface area contributed by atoms with Gasteiger partial charge in [-0.05, 0) is 32.4 Å². The van der Waals surface area contributed by atoms with Crippen molar-refractivity contribution < 1.29 is 9.53 Å². The highest BCUT2D eigenvalue weighted by atomic mass is 32.2. The number of nitrogens with one attached hydrogen (secondary N) is 2. The molecule has 6 nitrogen and oxygen atoms in total. The maximum atomic E-state index is 11.8. The number of thioether (sulfide) groups is 1. The Labute approximate surface area is 150 Å². The second-order valence-corrected chi connectivity index (χ2v) is 7.73. The molecule has 24 heavy (non-hydrogen) atoms. The number of carbonyl (C=O) groups excluding carboxylic acids is 1. The van der Waals surface area contributed by atoms with Gasteiger partial charge in [-0.1, -0.05) is 40.8 Å². The van der Waals surface area contributed by atoms with Crippen LogP contribution in [0.2, 0.25) is 0 Å². The van der Waals surface area contributed by atoms with Crippen LogP contribution in [0.25, 0.3) is 0 Å². The molecule has 0 saturated heterocycles. The highest BCUT2D eigenvalue weighted by Gasteiger charge is 2.11. The fourth-order valence-electron chi connectivity index (χ4n) is 2.12. The molecule has 0 spiro atoms. The maximum Gasteiger partial charge on any atom is 0.230 e. The largest absolute Gasteiger partial charge is 0.383 e. The van der Waals surface area contributed by atoms with Gasteiger partial charge in [0, 0.05) is 18.8 Å². The molecule has 1 aromatic carbocycles. The fourth-order valence-corrected chi connectivity index (χ4v) is 3.70. The Morgan fingerprint density at radius 1 is 1.38 bits per heavy atom. The smallest absolute Gasteiger partial charge is 0.230 e. The summed E-state index contributed by atoms with van der Waals surface area (Å²) in [6, 6.07) is 6.20. The first kappa shape index (κ1) is 18.7. The Bertz CT molecular complexity index is 690. The molecular weight excluding hydrogens is 344 g/mol. The summed E-state index contributed by atoms with van der Waals surface area (Å²) >= 11 is 2.82. The molecule has 2 N–H and O–H groups in total. The van der Waals surface area contributed by atoms with E-state index in [1.807, 2.05) is 13.0 Å². The van der Waals surface area contributed by atoms with Crippen LogP contribution >= 0.6 is 23.1 Å². The summed E-state index contributed by atoms with van der Waals surface area (Å²) in [5, 5.41) is 15.1. The molecule has 2 rings (SSSR count). The van der Waals surface area contributed by atoms with Crippen LogP contribution in [0.4, 0.5) is 10.8 Å². The van der Waals surface area contributed by atoms with Gasteiger partial charge < -0.3 is 15.4 Å². The number of hydrogen-bond acceptors (Lipinski definition) is 7. The number of ether oxygens (including phenoxy) is 1. The Kier molecular flexibility index (Phi) is 7.01. The average molecular weight is 367 g/mol. The number of aromatic nitrogens is 2. The Morgan fingerprint density at radius 2 is 2.17 bits per heavy atom. The van der Waals surface area contributed by atoms with Crippen molar-refractivity contribution in [3.05, 3.63) is 29.3 Å². The topological polar surface area (TPSA) is 76.1 Å². The summed E-state index contributed by atoms with van der Waals surface area (Å²) in [5.74, 6) is 0.273. The van der Waals surface area contributed by atoms with Crippen molar-refractivity contribution in [2.75, 3.05) is 24.8 Å². The third-order valence-corrected chi connectivity index (χ3v) is 5.15. The van der Waals surface area contributed by atoms with Crippen LogP contribution in [0.1, 0.15) is 18.1 Å². The number of nitrogens with zero attached hydrogens (tertiary/aromatic N) is 2. The van der Waals surface area contributed by atoms with E-state index in [9.17, 15) is 4.79 Å². The van der Waals surface area contributed by atoms with Crippen molar-refractivity contribution in [1.29, 1.82) is 0 Å². The molecule has 1 aromatic heterocycles. The number of methoxy groups -OCH3 is 1. The molecule has 8 heteroatoms. The van der Waals surface area contributed by atoms with Gasteiger partial charge in [-0.2, -0.15) is 0 Å². The lowest BCUT2D eigenvalue weighted by Crippen LogP contribution is -2.36. The van der Waals surface area contributed by atoms with Crippen LogP contribution in [0.5, 0.6) is 0 Å². The van der Waals surface area contributed by atoms with E-state index in [4.69, 9.17) is 4.74 Å². The summed E-state index contributed by atoms with van der Waals surface area (Å²) in [5.41, 5.74) is 3.39. The Hall–Kier alpha value is -1.64. The van der Waals surface area contributed by atoms with Crippen molar-refractivity contribution in [2.45, 2.75) is 31.2 Å². The van der Waals surface area contributed by atoms with Gasteiger partial charge in [0.1, 0.15) is 0 Å². The summed E-state index contributed by atoms with van der Waals surface area (Å²) in [6.07, 6.45) is 0. The van der Waals surface area contributed by atoms with Gasteiger partial charge in [0.25, 0.3) is 0 Å². The first-order valence-corrected chi connectivity index (χ1v) is 9.37. The Morgan fingerprint density at radius 3 is 2.88 bits per heavy atom. The Balaban J connectivity index is 1.85. The first-order valence-electron chi connectivity index (χ1n) is 7.57. The molecule has 2 aromatic rings. The van der Waals surface area contributed by atoms with Crippen LogP contribution in [0, 0.1) is 13.8 Å². The zero-order chi connectivity index (χ0) is 17.5. The van der Waals surface area contributed by atoms with E-state index in [-0.39, 0.29) is 11.9 Å². The van der Waals surface area contributed by atoms with Gasteiger partial charge in [-0.15, -0.1) is 10.2 Å². The summed E-state index contributed by atoms with van der Waals surface area (Å²) in [7, 11) is 1.61. The standard InChI is InChI=1S/C16H22N4O2S2/c1-10-5-6-13(11(2)7-10)18-15-19-20-16(24-15)23-9-14(21)17-12(3)8-22-4/h5-7,12H,8-9H2,1-4H3,(H,17,21)(H,18,19)/t12-/m0/s1. The predicted molar refractivity (Wildman–Crippen MR) is 99.3 cm³/mol. The minimum Gasteiger partial charge on any atom is -0.383 e. The van der Waals surface area contributed by atoms with Crippen LogP contribution in [0.3, 0.4) is 0 Å². The second kappa shape index (κ2) is 9.00. The third kappa shape index (κ3) is 5.77. The number of amides is 1. The number of carbonyl (C=O) groups is 1. The molecule has 130 valence electrons. The normalized spacial score (nSPS) is 12.0. The van der Waals surface area contributed by atoms with Gasteiger partial charge in [-0.25, -0.2) is 0 Å². The van der Waals surface area contributed by atoms with Gasteiger partial charge in [0.15, 0.2) is 4.34 Å². The highest BCUT2D eigenvalue weighted by molar-refractivity contribution is 8.01. The minimum atomic E-state index is -0.0383. The lowest BCUT2D eigenvalue weighted by atomic mass is 10.1. The van der Waals surface area contributed by atoms with E-state index in [1.165, 1.54) is 28.7 Å². The van der Waals surface area contributed by atoms with E-state index < -0.39 is 0 Å². The SMILES string of the molecule is COC[C@H](C)NC(=O)CSc1nnc(Nc2ccc(C)cc2C)s1. The van der Waals surface area contributed by atoms with Gasteiger partial charge in [-0.3, -0.25) is 4.79 Å². The molecule has 0 fully saturated rings. The van der Waals surface area contributed by atoms with Crippen molar-refractivity contribution in [3.8, 4) is 0 Å². The molecule has 0 saturated carbocycles. The number of benzene rings is 1. The molecular formula is C16H22N4O2S2. The van der Waals surface area contributed by atoms with E-state index in [1.54, 1.807) is 7.11 Å². The molecule has 1 amide bonds. The van der Waals surface area contributed by atoms with Crippen LogP contribution in [-0.2, 0) is 9.53 Å². The van der Waals surface area contributed by atoms with Crippen LogP contribution < -0.4 is 10.6 Å². The molecule has 0 aliphatic carbocycles. The molecule has 0 radical (unpaired) electrons. The predicted octanol–water partition coefficient (Wildman–Crippen LogP) is 3.14. The number of aryl methyl sites for hydroxylation is 2. The van der Waals surface area contributed by atoms with Crippen LogP contribution in [0.15, 0.2) is 22.5 Å². The molecule has 1 heterocycles. The quantitative estimate of drug-likeness (QED) is 0.699. The average Bonchev–Trinajstić information content (AvgIpc) is 2.96. The minimum absolute atomic E-state index is 0.000685. The van der Waals surface area contributed by atoms with E-state index in [0.29, 0.717) is 12.4 Å². The second-order valence-electron chi connectivity index (χ2n) is 5.53. The summed E-state index contributed by atoms with van der Waals surface area (Å²) in [6.45, 7) is 6.52. The van der Waals surface area contributed by atoms with E-state index in [0.717, 1.165) is 20.7 Å². The molecule has 1 atom stereocenters. The molecule has 0 aliphatic rings. The highest BCUT2D eigenvalue weighted by Crippen LogP contribution is 2.28. The van der Waals surface area contributed by atoms with Gasteiger partial charge in [0.2, 0.25) is 11.0 Å². The van der Waals surface area contributed by atoms with Crippen molar-refractivity contribution in [2.24, 2.45) is 0 Å². The molecule has 0 aliphatic heterocycles. The summed E-state index contributed by atoms with van der Waals surface area (Å²) < 4.78 is 5.76. The van der Waals surface area contributed by atoms with Gasteiger partial charge >= 0.3 is 0 Å². The summed E-state index contributed by atoms with van der Waals surface area (Å²) in [4.78, 5) is 11.8. The molecule has 0 unspecified atom stereocenters. The fraction of sp³-hybridized carbons (Fsp3) is 0.438.